The van der Waals surface area contributed by atoms with Gasteiger partial charge >= 0.3 is 0 Å². The molecular weight excluding hydrogens is 420 g/mol. The lowest BCUT2D eigenvalue weighted by Gasteiger charge is -2.27. The summed E-state index contributed by atoms with van der Waals surface area (Å²) in [7, 11) is 0. The van der Waals surface area contributed by atoms with Crippen LogP contribution in [0.15, 0.2) is 57.3 Å². The molecule has 2 aromatic rings. The van der Waals surface area contributed by atoms with E-state index in [2.05, 4.69) is 32.9 Å². The van der Waals surface area contributed by atoms with Crippen molar-refractivity contribution in [3.05, 3.63) is 57.9 Å². The van der Waals surface area contributed by atoms with Gasteiger partial charge in [0, 0.05) is 16.7 Å². The van der Waals surface area contributed by atoms with Crippen LogP contribution in [-0.2, 0) is 16.1 Å². The molecule has 0 saturated carbocycles. The zero-order valence-electron chi connectivity index (χ0n) is 13.6. The molecule has 1 aliphatic heterocycles. The van der Waals surface area contributed by atoms with Crippen LogP contribution in [0.3, 0.4) is 0 Å². The Morgan fingerprint density at radius 2 is 2.23 bits per heavy atom. The van der Waals surface area contributed by atoms with Crippen molar-refractivity contribution >= 4 is 50.9 Å². The third-order valence-corrected chi connectivity index (χ3v) is 5.11. The molecule has 1 aromatic carbocycles. The van der Waals surface area contributed by atoms with Crippen LogP contribution in [0.25, 0.3) is 0 Å². The van der Waals surface area contributed by atoms with E-state index in [9.17, 15) is 14.4 Å². The minimum Gasteiger partial charge on any atom is -0.324 e. The van der Waals surface area contributed by atoms with E-state index in [-0.39, 0.29) is 36.3 Å². The Morgan fingerprint density at radius 3 is 2.96 bits per heavy atom. The molecule has 1 aromatic heterocycles. The number of carbonyl (C=O) groups is 2. The van der Waals surface area contributed by atoms with Crippen LogP contribution in [0.4, 0.5) is 11.4 Å². The number of thioether (sulfide) groups is 1. The highest BCUT2D eigenvalue weighted by atomic mass is 79.9. The number of hydrogen-bond acceptors (Lipinski definition) is 5. The van der Waals surface area contributed by atoms with Gasteiger partial charge in [0.25, 0.3) is 5.56 Å². The topological polar surface area (TPSA) is 84.3 Å². The smallest absolute Gasteiger partial charge is 0.292 e. The zero-order chi connectivity index (χ0) is 18.7. The second kappa shape index (κ2) is 7.88. The number of anilines is 2. The summed E-state index contributed by atoms with van der Waals surface area (Å²) in [5, 5.41) is 6.77. The molecule has 0 unspecified atom stereocenters. The molecule has 1 aliphatic rings. The quantitative estimate of drug-likeness (QED) is 0.729. The Hall–Kier alpha value is -2.39. The Morgan fingerprint density at radius 1 is 1.42 bits per heavy atom. The summed E-state index contributed by atoms with van der Waals surface area (Å²) in [4.78, 5) is 39.1. The van der Waals surface area contributed by atoms with E-state index in [0.29, 0.717) is 10.6 Å². The second-order valence-corrected chi connectivity index (χ2v) is 7.39. The van der Waals surface area contributed by atoms with Crippen molar-refractivity contribution in [2.75, 3.05) is 22.5 Å². The van der Waals surface area contributed by atoms with Gasteiger partial charge in [-0.1, -0.05) is 28.1 Å². The normalized spacial score (nSPS) is 13.3. The molecule has 26 heavy (non-hydrogen) atoms. The number of aromatic nitrogens is 2. The minimum atomic E-state index is -0.478. The molecule has 0 aliphatic carbocycles. The first-order valence-electron chi connectivity index (χ1n) is 7.69. The molecule has 0 fully saturated rings. The van der Waals surface area contributed by atoms with Crippen LogP contribution in [0.1, 0.15) is 0 Å². The molecule has 2 heterocycles. The van der Waals surface area contributed by atoms with E-state index in [4.69, 9.17) is 0 Å². The van der Waals surface area contributed by atoms with E-state index < -0.39 is 5.56 Å². The summed E-state index contributed by atoms with van der Waals surface area (Å²) in [5.41, 5.74) is 0.375. The number of fused-ring (bicyclic) bond motifs is 1. The van der Waals surface area contributed by atoms with Gasteiger partial charge < -0.3 is 10.2 Å². The number of benzene rings is 1. The highest BCUT2D eigenvalue weighted by Gasteiger charge is 2.28. The number of nitrogens with zero attached hydrogens (tertiary/aromatic N) is 3. The van der Waals surface area contributed by atoms with Crippen LogP contribution < -0.4 is 15.8 Å². The lowest BCUT2D eigenvalue weighted by Crippen LogP contribution is -2.42. The first kappa shape index (κ1) is 18.4. The van der Waals surface area contributed by atoms with Crippen LogP contribution in [0.5, 0.6) is 0 Å². The van der Waals surface area contributed by atoms with Crippen LogP contribution in [0, 0.1) is 0 Å². The summed E-state index contributed by atoms with van der Waals surface area (Å²) in [5.74, 6) is -0.312. The minimum absolute atomic E-state index is 0.171. The molecule has 9 heteroatoms. The number of hydrogen-bond donors (Lipinski definition) is 1. The van der Waals surface area contributed by atoms with Crippen molar-refractivity contribution in [1.29, 1.82) is 0 Å². The van der Waals surface area contributed by atoms with Gasteiger partial charge in [0.2, 0.25) is 11.8 Å². The van der Waals surface area contributed by atoms with Crippen molar-refractivity contribution in [2.45, 2.75) is 11.4 Å². The Bertz CT molecular complexity index is 944. The number of amides is 2. The molecule has 0 atom stereocenters. The summed E-state index contributed by atoms with van der Waals surface area (Å²) >= 11 is 4.60. The molecule has 3 rings (SSSR count). The second-order valence-electron chi connectivity index (χ2n) is 5.46. The van der Waals surface area contributed by atoms with Crippen molar-refractivity contribution in [1.82, 2.24) is 9.78 Å². The predicted molar refractivity (Wildman–Crippen MR) is 105 cm³/mol. The molecule has 0 bridgehead atoms. The SMILES string of the molecule is C=CCN1C(=O)CSc2cnn(CC(=O)Nc3cccc(Br)c3)c(=O)c21. The number of halogens is 1. The first-order valence-corrected chi connectivity index (χ1v) is 9.47. The fourth-order valence-electron chi connectivity index (χ4n) is 2.50. The fraction of sp³-hybridized carbons (Fsp3) is 0.176. The van der Waals surface area contributed by atoms with E-state index >= 15 is 0 Å². The van der Waals surface area contributed by atoms with Gasteiger partial charge in [0.15, 0.2) is 0 Å². The largest absolute Gasteiger partial charge is 0.324 e. The maximum atomic E-state index is 12.8. The predicted octanol–water partition coefficient (Wildman–Crippen LogP) is 2.27. The van der Waals surface area contributed by atoms with Crippen LogP contribution in [0.2, 0.25) is 0 Å². The van der Waals surface area contributed by atoms with Crippen molar-refractivity contribution < 1.29 is 9.59 Å². The highest BCUT2D eigenvalue weighted by molar-refractivity contribution is 9.10. The van der Waals surface area contributed by atoms with Crippen molar-refractivity contribution in [3.63, 3.8) is 0 Å². The summed E-state index contributed by atoms with van der Waals surface area (Å²) in [6.07, 6.45) is 3.07. The van der Waals surface area contributed by atoms with Crippen molar-refractivity contribution in [3.8, 4) is 0 Å². The maximum Gasteiger partial charge on any atom is 0.292 e. The van der Waals surface area contributed by atoms with Crippen LogP contribution in [-0.4, -0.2) is 33.9 Å². The summed E-state index contributed by atoms with van der Waals surface area (Å²) in [6.45, 7) is 3.60. The van der Waals surface area contributed by atoms with Gasteiger partial charge in [0.05, 0.1) is 16.8 Å². The number of carbonyl (C=O) groups excluding carboxylic acids is 2. The monoisotopic (exact) mass is 434 g/mol. The van der Waals surface area contributed by atoms with Gasteiger partial charge in [-0.3, -0.25) is 14.4 Å². The molecule has 1 N–H and O–H groups in total. The van der Waals surface area contributed by atoms with E-state index in [1.54, 1.807) is 24.3 Å². The standard InChI is InChI=1S/C17H15BrN4O3S/c1-2-6-21-15(24)10-26-13-8-19-22(17(25)16(13)21)9-14(23)20-12-5-3-4-11(18)7-12/h2-5,7-8H,1,6,9-10H2,(H,20,23). The van der Waals surface area contributed by atoms with Crippen LogP contribution >= 0.6 is 27.7 Å². The lowest BCUT2D eigenvalue weighted by molar-refractivity contribution is -0.117. The number of rotatable bonds is 5. The Kier molecular flexibility index (Phi) is 5.58. The average molecular weight is 435 g/mol. The Labute approximate surface area is 162 Å². The van der Waals surface area contributed by atoms with Gasteiger partial charge in [-0.25, -0.2) is 4.68 Å². The van der Waals surface area contributed by atoms with E-state index in [1.807, 2.05) is 6.07 Å². The number of nitrogens with one attached hydrogen (secondary N) is 1. The third-order valence-electron chi connectivity index (χ3n) is 3.62. The summed E-state index contributed by atoms with van der Waals surface area (Å²) in [6, 6.07) is 7.13. The zero-order valence-corrected chi connectivity index (χ0v) is 16.0. The van der Waals surface area contributed by atoms with Gasteiger partial charge in [-0.05, 0) is 18.2 Å². The Balaban J connectivity index is 1.85. The van der Waals surface area contributed by atoms with E-state index in [1.165, 1.54) is 22.9 Å². The van der Waals surface area contributed by atoms with Gasteiger partial charge in [-0.15, -0.1) is 18.3 Å². The maximum absolute atomic E-state index is 12.8. The molecule has 7 nitrogen and oxygen atoms in total. The first-order chi connectivity index (χ1) is 12.5. The third kappa shape index (κ3) is 3.88. The molecule has 0 spiro atoms. The lowest BCUT2D eigenvalue weighted by atomic mass is 10.3. The molecule has 2 amide bonds. The summed E-state index contributed by atoms with van der Waals surface area (Å²) < 4.78 is 1.89. The molecule has 0 saturated heterocycles. The van der Waals surface area contributed by atoms with Crippen molar-refractivity contribution in [2.24, 2.45) is 0 Å². The molecular formula is C17H15BrN4O3S. The average Bonchev–Trinajstić information content (AvgIpc) is 2.60. The molecule has 134 valence electrons. The van der Waals surface area contributed by atoms with Gasteiger partial charge in [0.1, 0.15) is 12.2 Å². The molecule has 0 radical (unpaired) electrons. The fourth-order valence-corrected chi connectivity index (χ4v) is 3.79. The van der Waals surface area contributed by atoms with E-state index in [0.717, 1.165) is 9.15 Å². The highest BCUT2D eigenvalue weighted by Crippen LogP contribution is 2.31. The van der Waals surface area contributed by atoms with Gasteiger partial charge in [-0.2, -0.15) is 5.10 Å².